The lowest BCUT2D eigenvalue weighted by molar-refractivity contribution is -0.128. The van der Waals surface area contributed by atoms with Crippen LogP contribution in [0.3, 0.4) is 0 Å². The number of carbonyl (C=O) groups is 3. The highest BCUT2D eigenvalue weighted by Crippen LogP contribution is 2.35. The second kappa shape index (κ2) is 11.6. The maximum absolute atomic E-state index is 13.5. The van der Waals surface area contributed by atoms with Crippen LogP contribution in [-0.2, 0) is 20.9 Å². The van der Waals surface area contributed by atoms with Crippen LogP contribution in [-0.4, -0.2) is 66.3 Å². The quantitative estimate of drug-likeness (QED) is 0.415. The number of aliphatic imine (C=N–C) groups is 2. The zero-order chi connectivity index (χ0) is 29.2. The molecule has 0 aliphatic carbocycles. The summed E-state index contributed by atoms with van der Waals surface area (Å²) in [5, 5.41) is 6.08. The molecule has 3 heterocycles. The number of para-hydroxylation sites is 1. The van der Waals surface area contributed by atoms with E-state index < -0.39 is 6.04 Å². The van der Waals surface area contributed by atoms with E-state index in [0.29, 0.717) is 39.4 Å². The van der Waals surface area contributed by atoms with Crippen molar-refractivity contribution in [3.63, 3.8) is 0 Å². The molecule has 3 amide bonds. The third-order valence-electron chi connectivity index (χ3n) is 6.85. The fourth-order valence-electron chi connectivity index (χ4n) is 4.70. The Hall–Kier alpha value is -4.84. The first kappa shape index (κ1) is 27.3. The minimum atomic E-state index is -0.905. The summed E-state index contributed by atoms with van der Waals surface area (Å²) >= 11 is 1.15. The van der Waals surface area contributed by atoms with Gasteiger partial charge >= 0.3 is 0 Å². The summed E-state index contributed by atoms with van der Waals surface area (Å²) in [5.74, 6) is 0.868. The predicted molar refractivity (Wildman–Crippen MR) is 162 cm³/mol. The van der Waals surface area contributed by atoms with Crippen molar-refractivity contribution in [1.82, 2.24) is 10.2 Å². The van der Waals surface area contributed by atoms with Crippen LogP contribution in [0.25, 0.3) is 0 Å². The first-order chi connectivity index (χ1) is 20.4. The normalized spacial score (nSPS) is 16.3. The highest BCUT2D eigenvalue weighted by atomic mass is 32.2. The van der Waals surface area contributed by atoms with Gasteiger partial charge in [0.1, 0.15) is 11.9 Å². The Labute approximate surface area is 246 Å². The number of amides is 3. The van der Waals surface area contributed by atoms with Crippen LogP contribution in [0.4, 0.5) is 17.1 Å². The molecule has 3 aromatic carbocycles. The molecule has 0 unspecified atom stereocenters. The molecular weight excluding hydrogens is 556 g/mol. The molecule has 0 fully saturated rings. The first-order valence-corrected chi connectivity index (χ1v) is 14.3. The van der Waals surface area contributed by atoms with Crippen molar-refractivity contribution in [3.8, 4) is 11.5 Å². The number of benzene rings is 3. The van der Waals surface area contributed by atoms with E-state index >= 15 is 0 Å². The van der Waals surface area contributed by atoms with E-state index in [-0.39, 0.29) is 43.2 Å². The number of anilines is 2. The summed E-state index contributed by atoms with van der Waals surface area (Å²) in [6.07, 6.45) is -0.118. The van der Waals surface area contributed by atoms with Gasteiger partial charge in [0, 0.05) is 37.6 Å². The molecular formula is C30H28N6O5S. The highest BCUT2D eigenvalue weighted by molar-refractivity contribution is 8.14. The van der Waals surface area contributed by atoms with Crippen molar-refractivity contribution in [1.29, 1.82) is 0 Å². The second-order valence-corrected chi connectivity index (χ2v) is 10.9. The SMILES string of the molecule is CN(C)c1ccc(NC(=O)CSC2=Nc3ccccc3C3=N[C@@H](CC(=O)NCc4ccc5c(c4)OCO5)C(=O)N23)cc1. The summed E-state index contributed by atoms with van der Waals surface area (Å²) in [7, 11) is 3.89. The molecule has 214 valence electrons. The highest BCUT2D eigenvalue weighted by Gasteiger charge is 2.42. The van der Waals surface area contributed by atoms with Crippen LogP contribution in [0.1, 0.15) is 17.5 Å². The van der Waals surface area contributed by atoms with Crippen molar-refractivity contribution in [2.75, 3.05) is 36.9 Å². The van der Waals surface area contributed by atoms with E-state index in [1.54, 1.807) is 6.07 Å². The van der Waals surface area contributed by atoms with Gasteiger partial charge in [0.25, 0.3) is 5.91 Å². The van der Waals surface area contributed by atoms with Crippen LogP contribution >= 0.6 is 11.8 Å². The standard InChI is InChI=1S/C30H28N6O5S/c1-35(2)20-10-8-19(9-11-20)32-27(38)16-42-30-34-22-6-4-3-5-21(22)28-33-23(29(39)36(28)30)14-26(37)31-15-18-7-12-24-25(13-18)41-17-40-24/h3-13,23H,14-17H2,1-2H3,(H,31,37)(H,32,38)/t23-/m0/s1. The van der Waals surface area contributed by atoms with Gasteiger partial charge in [-0.05, 0) is 54.1 Å². The zero-order valence-corrected chi connectivity index (χ0v) is 23.8. The predicted octanol–water partition coefficient (Wildman–Crippen LogP) is 3.52. The van der Waals surface area contributed by atoms with Crippen molar-refractivity contribution in [2.24, 2.45) is 9.98 Å². The fourth-order valence-corrected chi connectivity index (χ4v) is 5.50. The number of hydrogen-bond donors (Lipinski definition) is 2. The largest absolute Gasteiger partial charge is 0.454 e. The van der Waals surface area contributed by atoms with Gasteiger partial charge < -0.3 is 25.0 Å². The minimum absolute atomic E-state index is 0.0359. The summed E-state index contributed by atoms with van der Waals surface area (Å²) in [6.45, 7) is 0.447. The number of thioether (sulfide) groups is 1. The van der Waals surface area contributed by atoms with Gasteiger partial charge in [0.2, 0.25) is 18.6 Å². The number of fused-ring (bicyclic) bond motifs is 4. The van der Waals surface area contributed by atoms with Gasteiger partial charge in [-0.15, -0.1) is 0 Å². The summed E-state index contributed by atoms with van der Waals surface area (Å²) in [6, 6.07) is 19.4. The number of rotatable bonds is 8. The average Bonchev–Trinajstić information content (AvgIpc) is 3.59. The van der Waals surface area contributed by atoms with Gasteiger partial charge in [-0.25, -0.2) is 9.89 Å². The van der Waals surface area contributed by atoms with Gasteiger partial charge in [-0.2, -0.15) is 0 Å². The molecule has 3 aliphatic rings. The number of amidine groups is 2. The van der Waals surface area contributed by atoms with E-state index in [9.17, 15) is 14.4 Å². The fraction of sp³-hybridized carbons (Fsp3) is 0.233. The zero-order valence-electron chi connectivity index (χ0n) is 23.0. The van der Waals surface area contributed by atoms with Crippen molar-refractivity contribution in [3.05, 3.63) is 77.9 Å². The average molecular weight is 585 g/mol. The number of nitrogens with one attached hydrogen (secondary N) is 2. The van der Waals surface area contributed by atoms with E-state index in [2.05, 4.69) is 20.6 Å². The summed E-state index contributed by atoms with van der Waals surface area (Å²) in [5.41, 5.74) is 3.89. The molecule has 1 atom stereocenters. The van der Waals surface area contributed by atoms with Crippen LogP contribution in [0.5, 0.6) is 11.5 Å². The lowest BCUT2D eigenvalue weighted by atomic mass is 10.1. The molecule has 0 saturated heterocycles. The van der Waals surface area contributed by atoms with E-state index in [1.807, 2.05) is 79.7 Å². The monoisotopic (exact) mass is 584 g/mol. The number of ether oxygens (including phenoxy) is 2. The van der Waals surface area contributed by atoms with Crippen molar-refractivity contribution >= 4 is 57.5 Å². The van der Waals surface area contributed by atoms with Gasteiger partial charge in [0.05, 0.1) is 17.9 Å². The number of nitrogens with zero attached hydrogens (tertiary/aromatic N) is 4. The van der Waals surface area contributed by atoms with Crippen LogP contribution in [0, 0.1) is 0 Å². The molecule has 6 rings (SSSR count). The summed E-state index contributed by atoms with van der Waals surface area (Å²) < 4.78 is 10.7. The first-order valence-electron chi connectivity index (χ1n) is 13.3. The van der Waals surface area contributed by atoms with Crippen LogP contribution < -0.4 is 25.0 Å². The molecule has 0 aromatic heterocycles. The van der Waals surface area contributed by atoms with Gasteiger partial charge in [0.15, 0.2) is 16.7 Å². The molecule has 0 radical (unpaired) electrons. The lowest BCUT2D eigenvalue weighted by Gasteiger charge is -2.25. The molecule has 2 N–H and O–H groups in total. The Morgan fingerprint density at radius 1 is 1.02 bits per heavy atom. The Bertz CT molecular complexity index is 1620. The third-order valence-corrected chi connectivity index (χ3v) is 7.79. The Balaban J connectivity index is 1.11. The van der Waals surface area contributed by atoms with E-state index in [0.717, 1.165) is 23.0 Å². The van der Waals surface area contributed by atoms with E-state index in [4.69, 9.17) is 9.47 Å². The van der Waals surface area contributed by atoms with Crippen LogP contribution in [0.2, 0.25) is 0 Å². The molecule has 3 aromatic rings. The summed E-state index contributed by atoms with van der Waals surface area (Å²) in [4.78, 5) is 51.8. The molecule has 42 heavy (non-hydrogen) atoms. The maximum Gasteiger partial charge on any atom is 0.259 e. The van der Waals surface area contributed by atoms with Crippen molar-refractivity contribution < 1.29 is 23.9 Å². The van der Waals surface area contributed by atoms with Gasteiger partial charge in [-0.1, -0.05) is 30.0 Å². The third kappa shape index (κ3) is 5.66. The minimum Gasteiger partial charge on any atom is -0.454 e. The molecule has 11 nitrogen and oxygen atoms in total. The second-order valence-electron chi connectivity index (χ2n) is 10.0. The topological polar surface area (TPSA) is 125 Å². The Kier molecular flexibility index (Phi) is 7.53. The van der Waals surface area contributed by atoms with E-state index in [1.165, 1.54) is 4.90 Å². The van der Waals surface area contributed by atoms with Gasteiger partial charge in [-0.3, -0.25) is 19.4 Å². The Morgan fingerprint density at radius 2 is 1.81 bits per heavy atom. The molecule has 3 aliphatic heterocycles. The molecule has 0 saturated carbocycles. The number of hydrogen-bond acceptors (Lipinski definition) is 9. The Morgan fingerprint density at radius 3 is 2.62 bits per heavy atom. The smallest absolute Gasteiger partial charge is 0.259 e. The molecule has 0 spiro atoms. The van der Waals surface area contributed by atoms with Crippen molar-refractivity contribution in [2.45, 2.75) is 19.0 Å². The number of carbonyl (C=O) groups excluding carboxylic acids is 3. The lowest BCUT2D eigenvalue weighted by Crippen LogP contribution is -2.42. The molecule has 12 heteroatoms. The van der Waals surface area contributed by atoms with Crippen LogP contribution in [0.15, 0.2) is 76.7 Å². The maximum atomic E-state index is 13.5. The molecule has 0 bridgehead atoms.